The number of hydrogen-bond donors (Lipinski definition) is 1. The topological polar surface area (TPSA) is 101 Å². The molecule has 0 bridgehead atoms. The molecule has 0 aliphatic heterocycles. The number of halogens is 5. The van der Waals surface area contributed by atoms with E-state index in [0.717, 1.165) is 24.5 Å². The van der Waals surface area contributed by atoms with Gasteiger partial charge in [0.2, 0.25) is 10.0 Å². The minimum Gasteiger partial charge on any atom is -0.291 e. The van der Waals surface area contributed by atoms with E-state index in [1.807, 2.05) is 6.07 Å². The molecule has 13 heteroatoms. The maximum absolute atomic E-state index is 14.7. The van der Waals surface area contributed by atoms with E-state index >= 15 is 0 Å². The van der Waals surface area contributed by atoms with Gasteiger partial charge >= 0.3 is 6.18 Å². The summed E-state index contributed by atoms with van der Waals surface area (Å²) in [6, 6.07) is 7.12. The van der Waals surface area contributed by atoms with Gasteiger partial charge in [0.05, 0.1) is 28.7 Å². The number of aromatic nitrogens is 3. The highest BCUT2D eigenvalue weighted by Gasteiger charge is 2.39. The number of aryl methyl sites for hydroxylation is 1. The number of rotatable bonds is 6. The summed E-state index contributed by atoms with van der Waals surface area (Å²) in [6.07, 6.45) is -2.65. The first-order valence-electron chi connectivity index (χ1n) is 10.8. The summed E-state index contributed by atoms with van der Waals surface area (Å²) >= 11 is 0. The monoisotopic (exact) mass is 535 g/mol. The maximum atomic E-state index is 14.7. The zero-order valence-electron chi connectivity index (χ0n) is 19.3. The van der Waals surface area contributed by atoms with Crippen molar-refractivity contribution < 1.29 is 30.4 Å². The number of nitriles is 1. The lowest BCUT2D eigenvalue weighted by Crippen LogP contribution is -2.42. The van der Waals surface area contributed by atoms with Gasteiger partial charge in [-0.15, -0.1) is 0 Å². The third-order valence-electron chi connectivity index (χ3n) is 5.68. The minimum atomic E-state index is -4.79. The number of nitrogens with one attached hydrogen (secondary N) is 1. The van der Waals surface area contributed by atoms with E-state index in [4.69, 9.17) is 0 Å². The average Bonchev–Trinajstić information content (AvgIpc) is 3.16. The van der Waals surface area contributed by atoms with Crippen molar-refractivity contribution in [2.24, 2.45) is 0 Å². The van der Waals surface area contributed by atoms with Crippen LogP contribution < -0.4 is 4.72 Å². The summed E-state index contributed by atoms with van der Waals surface area (Å²) in [7, 11) is -4.57. The molecule has 3 aromatic heterocycles. The van der Waals surface area contributed by atoms with Crippen molar-refractivity contribution in [2.45, 2.75) is 37.4 Å². The number of sulfonamides is 1. The van der Waals surface area contributed by atoms with Crippen molar-refractivity contribution in [1.29, 1.82) is 5.26 Å². The molecule has 0 radical (unpaired) electrons. The maximum Gasteiger partial charge on any atom is 0.404 e. The van der Waals surface area contributed by atoms with Gasteiger partial charge in [0, 0.05) is 11.6 Å². The van der Waals surface area contributed by atoms with Gasteiger partial charge in [0.15, 0.2) is 0 Å². The molecule has 0 aliphatic rings. The fourth-order valence-corrected chi connectivity index (χ4v) is 4.94. The second-order valence-electron chi connectivity index (χ2n) is 8.08. The van der Waals surface area contributed by atoms with E-state index < -0.39 is 38.8 Å². The van der Waals surface area contributed by atoms with E-state index in [9.17, 15) is 35.6 Å². The summed E-state index contributed by atoms with van der Waals surface area (Å²) in [5.74, 6) is -0.979. The van der Waals surface area contributed by atoms with Crippen LogP contribution in [0.4, 0.5) is 22.0 Å². The van der Waals surface area contributed by atoms with Crippen LogP contribution in [0.3, 0.4) is 0 Å². The van der Waals surface area contributed by atoms with E-state index in [2.05, 4.69) is 9.97 Å². The predicted molar refractivity (Wildman–Crippen MR) is 124 cm³/mol. The third-order valence-corrected chi connectivity index (χ3v) is 7.21. The largest absolute Gasteiger partial charge is 0.404 e. The summed E-state index contributed by atoms with van der Waals surface area (Å²) in [4.78, 5) is 7.62. The highest BCUT2D eigenvalue weighted by atomic mass is 32.2. The molecule has 0 spiro atoms. The van der Waals surface area contributed by atoms with Crippen molar-refractivity contribution in [3.63, 3.8) is 0 Å². The molecule has 1 N–H and O–H groups in total. The van der Waals surface area contributed by atoms with Gasteiger partial charge in [-0.2, -0.15) is 23.2 Å². The molecule has 0 unspecified atom stereocenters. The van der Waals surface area contributed by atoms with Gasteiger partial charge in [-0.25, -0.2) is 22.2 Å². The SMILES string of the molecule is CCc1cc2c(cc1F)c(C#N)c(-c1ccc(S(=O)(=O)N[C@@H](C)C(F)(F)F)cn1)n2-c1ccc(F)cn1. The quantitative estimate of drug-likeness (QED) is 0.349. The van der Waals surface area contributed by atoms with Gasteiger partial charge in [0.25, 0.3) is 0 Å². The molecule has 1 atom stereocenters. The van der Waals surface area contributed by atoms with Crippen molar-refractivity contribution >= 4 is 20.9 Å². The number of benzene rings is 1. The van der Waals surface area contributed by atoms with Crippen LogP contribution in [0.2, 0.25) is 0 Å². The molecular weight excluding hydrogens is 517 g/mol. The molecule has 0 fully saturated rings. The molecule has 0 saturated heterocycles. The van der Waals surface area contributed by atoms with Crippen molar-refractivity contribution in [3.05, 3.63) is 71.6 Å². The van der Waals surface area contributed by atoms with Gasteiger partial charge in [-0.05, 0) is 55.3 Å². The van der Waals surface area contributed by atoms with Crippen LogP contribution in [-0.4, -0.2) is 35.2 Å². The van der Waals surface area contributed by atoms with Crippen LogP contribution in [0.15, 0.2) is 53.7 Å². The van der Waals surface area contributed by atoms with Gasteiger partial charge in [-0.3, -0.25) is 9.55 Å². The van der Waals surface area contributed by atoms with E-state index in [1.165, 1.54) is 33.6 Å². The Kier molecular flexibility index (Phi) is 6.74. The first kappa shape index (κ1) is 26.2. The van der Waals surface area contributed by atoms with E-state index in [0.29, 0.717) is 24.4 Å². The zero-order chi connectivity index (χ0) is 27.1. The van der Waals surface area contributed by atoms with Crippen molar-refractivity contribution in [1.82, 2.24) is 19.3 Å². The molecule has 192 valence electrons. The Hall–Kier alpha value is -3.89. The third kappa shape index (κ3) is 4.90. The smallest absolute Gasteiger partial charge is 0.291 e. The second-order valence-corrected chi connectivity index (χ2v) is 9.80. The predicted octanol–water partition coefficient (Wildman–Crippen LogP) is 5.03. The Morgan fingerprint density at radius 1 is 1.11 bits per heavy atom. The summed E-state index contributed by atoms with van der Waals surface area (Å²) in [5, 5.41) is 10.2. The molecule has 4 rings (SSSR count). The molecule has 3 heterocycles. The van der Waals surface area contributed by atoms with Crippen LogP contribution in [0.25, 0.3) is 28.1 Å². The number of nitrogens with zero attached hydrogens (tertiary/aromatic N) is 4. The normalized spacial score (nSPS) is 13.0. The number of hydrogen-bond acceptors (Lipinski definition) is 5. The zero-order valence-corrected chi connectivity index (χ0v) is 20.1. The highest BCUT2D eigenvalue weighted by Crippen LogP contribution is 2.36. The van der Waals surface area contributed by atoms with Crippen LogP contribution in [0.1, 0.15) is 25.0 Å². The fourth-order valence-electron chi connectivity index (χ4n) is 3.76. The molecule has 0 amide bonds. The molecule has 0 saturated carbocycles. The Labute approximate surface area is 208 Å². The molecule has 37 heavy (non-hydrogen) atoms. The number of alkyl halides is 3. The Balaban J connectivity index is 1.92. The molecule has 7 nitrogen and oxygen atoms in total. The van der Waals surface area contributed by atoms with Crippen LogP contribution >= 0.6 is 0 Å². The van der Waals surface area contributed by atoms with E-state index in [-0.39, 0.29) is 28.2 Å². The summed E-state index contributed by atoms with van der Waals surface area (Å²) < 4.78 is 94.6. The van der Waals surface area contributed by atoms with E-state index in [1.54, 1.807) is 6.92 Å². The number of pyridine rings is 2. The fraction of sp³-hybridized carbons (Fsp3) is 0.208. The van der Waals surface area contributed by atoms with Crippen LogP contribution in [-0.2, 0) is 16.4 Å². The summed E-state index contributed by atoms with van der Waals surface area (Å²) in [5.41, 5.74) is 0.895. The number of fused-ring (bicyclic) bond motifs is 1. The minimum absolute atomic E-state index is 0.00500. The van der Waals surface area contributed by atoms with Crippen LogP contribution in [0, 0.1) is 23.0 Å². The van der Waals surface area contributed by atoms with Crippen molar-refractivity contribution in [3.8, 4) is 23.3 Å². The van der Waals surface area contributed by atoms with Gasteiger partial charge in [0.1, 0.15) is 34.5 Å². The summed E-state index contributed by atoms with van der Waals surface area (Å²) in [6.45, 7) is 2.41. The lowest BCUT2D eigenvalue weighted by atomic mass is 10.1. The first-order valence-corrected chi connectivity index (χ1v) is 12.3. The lowest BCUT2D eigenvalue weighted by molar-refractivity contribution is -0.147. The van der Waals surface area contributed by atoms with Gasteiger partial charge < -0.3 is 0 Å². The molecule has 0 aliphatic carbocycles. The second kappa shape index (κ2) is 9.53. The molecular formula is C24H18F5N5O2S. The van der Waals surface area contributed by atoms with Crippen LogP contribution in [0.5, 0.6) is 0 Å². The Morgan fingerprint density at radius 2 is 1.84 bits per heavy atom. The average molecular weight is 535 g/mol. The highest BCUT2D eigenvalue weighted by molar-refractivity contribution is 7.89. The Bertz CT molecular complexity index is 1620. The first-order chi connectivity index (χ1) is 17.4. The molecule has 1 aromatic carbocycles. The molecule has 4 aromatic rings. The Morgan fingerprint density at radius 3 is 2.38 bits per heavy atom. The standard InChI is InChI=1S/C24H18F5N5O2S/c1-3-14-8-21-17(9-19(14)26)18(10-30)23(34(21)22-7-4-15(25)11-32-22)20-6-5-16(12-31-20)37(35,36)33-13(2)24(27,28)29/h4-9,11-13,33H,3H2,1-2H3/t13-/m0/s1. The van der Waals surface area contributed by atoms with Crippen molar-refractivity contribution in [2.75, 3.05) is 0 Å². The van der Waals surface area contributed by atoms with Gasteiger partial charge in [-0.1, -0.05) is 6.92 Å². The lowest BCUT2D eigenvalue weighted by Gasteiger charge is -2.17.